The Morgan fingerprint density at radius 1 is 1.15 bits per heavy atom. The molecule has 2 atom stereocenters. The molecule has 1 saturated heterocycles. The van der Waals surface area contributed by atoms with Gasteiger partial charge in [0.2, 0.25) is 0 Å². The van der Waals surface area contributed by atoms with Crippen molar-refractivity contribution >= 4 is 0 Å². The van der Waals surface area contributed by atoms with E-state index in [1.807, 2.05) is 36.7 Å². The highest BCUT2D eigenvalue weighted by Gasteiger charge is 2.38. The Balaban J connectivity index is 1.61. The zero-order valence-electron chi connectivity index (χ0n) is 15.6. The van der Waals surface area contributed by atoms with E-state index >= 15 is 0 Å². The summed E-state index contributed by atoms with van der Waals surface area (Å²) in [5, 5.41) is 26.4. The van der Waals surface area contributed by atoms with Gasteiger partial charge >= 0.3 is 0 Å². The van der Waals surface area contributed by atoms with Crippen LogP contribution >= 0.6 is 0 Å². The first-order valence-corrected chi connectivity index (χ1v) is 9.25. The molecule has 8 heteroatoms. The van der Waals surface area contributed by atoms with Crippen molar-refractivity contribution in [1.29, 1.82) is 0 Å². The van der Waals surface area contributed by atoms with Crippen LogP contribution < -0.4 is 0 Å². The summed E-state index contributed by atoms with van der Waals surface area (Å²) in [6, 6.07) is 10.3. The van der Waals surface area contributed by atoms with Crippen LogP contribution in [0.5, 0.6) is 0 Å². The molecule has 0 aliphatic carbocycles. The molecule has 1 aliphatic rings. The van der Waals surface area contributed by atoms with Crippen LogP contribution in [0.2, 0.25) is 0 Å². The summed E-state index contributed by atoms with van der Waals surface area (Å²) in [6.07, 6.45) is 1.81. The standard InChI is InChI=1S/C19H24N6O2/c1-13-17(14(2)27-21-13)11-24-16(12-26)8-9-18(24)19-20-22-23-25(19)10-15-6-4-3-5-7-15/h3-7,16,18,26H,8-12H2,1-2H3/t16-,18-/m0/s1. The molecule has 4 rings (SSSR count). The van der Waals surface area contributed by atoms with Crippen LogP contribution in [0.3, 0.4) is 0 Å². The first-order valence-electron chi connectivity index (χ1n) is 9.25. The van der Waals surface area contributed by atoms with Crippen LogP contribution in [0, 0.1) is 13.8 Å². The first-order chi connectivity index (χ1) is 13.2. The van der Waals surface area contributed by atoms with Gasteiger partial charge in [0, 0.05) is 18.2 Å². The van der Waals surface area contributed by atoms with E-state index in [9.17, 15) is 5.11 Å². The summed E-state index contributed by atoms with van der Waals surface area (Å²) in [5.41, 5.74) is 3.11. The molecular formula is C19H24N6O2. The second-order valence-electron chi connectivity index (χ2n) is 7.08. The molecule has 1 fully saturated rings. The average molecular weight is 368 g/mol. The van der Waals surface area contributed by atoms with Crippen LogP contribution in [0.25, 0.3) is 0 Å². The molecule has 0 saturated carbocycles. The molecule has 8 nitrogen and oxygen atoms in total. The highest BCUT2D eigenvalue weighted by atomic mass is 16.5. The van der Waals surface area contributed by atoms with Crippen molar-refractivity contribution in [1.82, 2.24) is 30.3 Å². The van der Waals surface area contributed by atoms with Gasteiger partial charge in [0.05, 0.1) is 24.9 Å². The van der Waals surface area contributed by atoms with Crippen molar-refractivity contribution in [3.63, 3.8) is 0 Å². The van der Waals surface area contributed by atoms with E-state index in [1.165, 1.54) is 0 Å². The number of likely N-dealkylation sites (tertiary alicyclic amines) is 1. The molecule has 0 amide bonds. The van der Waals surface area contributed by atoms with E-state index in [1.54, 1.807) is 0 Å². The predicted octanol–water partition coefficient (Wildman–Crippen LogP) is 2.02. The Labute approximate surface area is 157 Å². The molecule has 0 unspecified atom stereocenters. The summed E-state index contributed by atoms with van der Waals surface area (Å²) < 4.78 is 7.18. The van der Waals surface area contributed by atoms with Crippen LogP contribution in [0.15, 0.2) is 34.9 Å². The lowest BCUT2D eigenvalue weighted by Gasteiger charge is -2.28. The number of tetrazole rings is 1. The van der Waals surface area contributed by atoms with Crippen LogP contribution in [-0.4, -0.2) is 48.0 Å². The van der Waals surface area contributed by atoms with Gasteiger partial charge in [-0.05, 0) is 42.7 Å². The highest BCUT2D eigenvalue weighted by Crippen LogP contribution is 2.37. The molecule has 1 aromatic carbocycles. The van der Waals surface area contributed by atoms with Gasteiger partial charge in [-0.25, -0.2) is 4.68 Å². The van der Waals surface area contributed by atoms with Gasteiger partial charge in [0.1, 0.15) is 5.76 Å². The van der Waals surface area contributed by atoms with E-state index in [4.69, 9.17) is 4.52 Å². The molecule has 3 aromatic rings. The third-order valence-corrected chi connectivity index (χ3v) is 5.41. The highest BCUT2D eigenvalue weighted by molar-refractivity contribution is 5.22. The molecule has 2 aromatic heterocycles. The molecule has 1 aliphatic heterocycles. The van der Waals surface area contributed by atoms with Crippen LogP contribution in [0.4, 0.5) is 0 Å². The second-order valence-corrected chi connectivity index (χ2v) is 7.08. The van der Waals surface area contributed by atoms with E-state index in [-0.39, 0.29) is 18.7 Å². The Morgan fingerprint density at radius 2 is 1.96 bits per heavy atom. The van der Waals surface area contributed by atoms with Gasteiger partial charge in [-0.1, -0.05) is 35.5 Å². The summed E-state index contributed by atoms with van der Waals surface area (Å²) in [5.74, 6) is 1.65. The maximum atomic E-state index is 9.88. The van der Waals surface area contributed by atoms with Gasteiger partial charge in [0.25, 0.3) is 0 Å². The number of rotatable bonds is 6. The second kappa shape index (κ2) is 7.58. The monoisotopic (exact) mass is 368 g/mol. The van der Waals surface area contributed by atoms with Crippen LogP contribution in [0.1, 0.15) is 47.3 Å². The normalized spacial score (nSPS) is 20.4. The fourth-order valence-corrected chi connectivity index (χ4v) is 3.88. The molecule has 0 bridgehead atoms. The lowest BCUT2D eigenvalue weighted by atomic mass is 10.1. The van der Waals surface area contributed by atoms with Gasteiger partial charge in [-0.2, -0.15) is 0 Å². The number of hydrogen-bond acceptors (Lipinski definition) is 7. The van der Waals surface area contributed by atoms with Crippen molar-refractivity contribution < 1.29 is 9.63 Å². The average Bonchev–Trinajstić information content (AvgIpc) is 3.38. The first kappa shape index (κ1) is 17.8. The van der Waals surface area contributed by atoms with Crippen molar-refractivity contribution in [2.24, 2.45) is 0 Å². The number of aliphatic hydroxyl groups excluding tert-OH is 1. The van der Waals surface area contributed by atoms with Crippen molar-refractivity contribution in [2.75, 3.05) is 6.61 Å². The SMILES string of the molecule is Cc1noc(C)c1CN1[C@H](CO)CC[C@H]1c1nnnn1Cc1ccccc1. The summed E-state index contributed by atoms with van der Waals surface area (Å²) in [6.45, 7) is 5.27. The molecule has 0 spiro atoms. The number of hydrogen-bond donors (Lipinski definition) is 1. The Kier molecular flexibility index (Phi) is 5.00. The largest absolute Gasteiger partial charge is 0.395 e. The summed E-state index contributed by atoms with van der Waals surface area (Å²) in [7, 11) is 0. The Hall–Kier alpha value is -2.58. The number of nitrogens with zero attached hydrogens (tertiary/aromatic N) is 6. The minimum atomic E-state index is 0.0505. The van der Waals surface area contributed by atoms with E-state index in [0.29, 0.717) is 13.1 Å². The maximum absolute atomic E-state index is 9.88. The van der Waals surface area contributed by atoms with Gasteiger partial charge in [0.15, 0.2) is 5.82 Å². The molecule has 27 heavy (non-hydrogen) atoms. The zero-order valence-corrected chi connectivity index (χ0v) is 15.6. The number of benzene rings is 1. The Bertz CT molecular complexity index is 871. The molecule has 3 heterocycles. The van der Waals surface area contributed by atoms with E-state index in [0.717, 1.165) is 41.2 Å². The number of aromatic nitrogens is 5. The zero-order chi connectivity index (χ0) is 18.8. The van der Waals surface area contributed by atoms with Crippen molar-refractivity contribution in [2.45, 2.75) is 51.9 Å². The minimum Gasteiger partial charge on any atom is -0.395 e. The number of aliphatic hydroxyl groups is 1. The van der Waals surface area contributed by atoms with Gasteiger partial charge in [-0.15, -0.1) is 5.10 Å². The Morgan fingerprint density at radius 3 is 2.67 bits per heavy atom. The number of aryl methyl sites for hydroxylation is 2. The van der Waals surface area contributed by atoms with Crippen molar-refractivity contribution in [3.8, 4) is 0 Å². The molecule has 142 valence electrons. The van der Waals surface area contributed by atoms with Gasteiger partial charge < -0.3 is 9.63 Å². The molecule has 0 radical (unpaired) electrons. The summed E-state index contributed by atoms with van der Waals surface area (Å²) in [4.78, 5) is 2.28. The predicted molar refractivity (Wildman–Crippen MR) is 97.7 cm³/mol. The van der Waals surface area contributed by atoms with E-state index in [2.05, 4.69) is 37.7 Å². The maximum Gasteiger partial charge on any atom is 0.168 e. The smallest absolute Gasteiger partial charge is 0.168 e. The lowest BCUT2D eigenvalue weighted by molar-refractivity contribution is 0.116. The fraction of sp³-hybridized carbons (Fsp3) is 0.474. The summed E-state index contributed by atoms with van der Waals surface area (Å²) >= 11 is 0. The topological polar surface area (TPSA) is 93.1 Å². The quantitative estimate of drug-likeness (QED) is 0.711. The van der Waals surface area contributed by atoms with Crippen molar-refractivity contribution in [3.05, 3.63) is 58.7 Å². The van der Waals surface area contributed by atoms with E-state index < -0.39 is 0 Å². The van der Waals surface area contributed by atoms with Crippen LogP contribution in [-0.2, 0) is 13.1 Å². The molecular weight excluding hydrogens is 344 g/mol. The van der Waals surface area contributed by atoms with Gasteiger partial charge in [-0.3, -0.25) is 4.90 Å². The molecule has 1 N–H and O–H groups in total. The third kappa shape index (κ3) is 3.50. The lowest BCUT2D eigenvalue weighted by Crippen LogP contribution is -2.35. The fourth-order valence-electron chi connectivity index (χ4n) is 3.88. The third-order valence-electron chi connectivity index (χ3n) is 5.41. The minimum absolute atomic E-state index is 0.0505.